The summed E-state index contributed by atoms with van der Waals surface area (Å²) in [4.78, 5) is 12.4. The molecule has 0 radical (unpaired) electrons. The first kappa shape index (κ1) is 15.6. The highest BCUT2D eigenvalue weighted by Gasteiger charge is 2.25. The largest absolute Gasteiger partial charge is 0.356 e. The highest BCUT2D eigenvalue weighted by Crippen LogP contribution is 2.29. The van der Waals surface area contributed by atoms with Gasteiger partial charge in [-0.05, 0) is 19.3 Å². The van der Waals surface area contributed by atoms with Crippen molar-refractivity contribution < 1.29 is 9.32 Å². The smallest absolute Gasteiger partial charge is 0.226 e. The fourth-order valence-corrected chi connectivity index (χ4v) is 3.40. The van der Waals surface area contributed by atoms with E-state index >= 15 is 0 Å². The van der Waals surface area contributed by atoms with Crippen LogP contribution in [0.15, 0.2) is 47.1 Å². The van der Waals surface area contributed by atoms with Gasteiger partial charge in [0.15, 0.2) is 5.76 Å². The van der Waals surface area contributed by atoms with Crippen molar-refractivity contribution in [2.45, 2.75) is 31.7 Å². The second kappa shape index (κ2) is 6.55. The number of carbonyl (C=O) groups is 1. The molecule has 6 heteroatoms. The molecule has 0 saturated carbocycles. The standard InChI is InChI=1S/C19H20N4O2/c1-23-17-9-5-8-16(15(17)12-20-23)21-19(24)11-14-10-18(25-22-14)13-6-3-2-4-7-13/h2-4,6-7,10,12,16H,5,8-9,11H2,1H3,(H,21,24). The number of aromatic nitrogens is 3. The van der Waals surface area contributed by atoms with Crippen molar-refractivity contribution in [2.24, 2.45) is 7.05 Å². The average molecular weight is 336 g/mol. The lowest BCUT2D eigenvalue weighted by atomic mass is 9.93. The van der Waals surface area contributed by atoms with Crippen LogP contribution in [-0.4, -0.2) is 20.8 Å². The Kier molecular flexibility index (Phi) is 4.09. The van der Waals surface area contributed by atoms with Crippen LogP contribution in [0.25, 0.3) is 11.3 Å². The van der Waals surface area contributed by atoms with E-state index in [0.717, 1.165) is 30.4 Å². The van der Waals surface area contributed by atoms with Gasteiger partial charge in [-0.1, -0.05) is 35.5 Å². The Morgan fingerprint density at radius 2 is 2.20 bits per heavy atom. The molecule has 1 aromatic carbocycles. The highest BCUT2D eigenvalue weighted by atomic mass is 16.5. The zero-order valence-electron chi connectivity index (χ0n) is 14.1. The lowest BCUT2D eigenvalue weighted by Crippen LogP contribution is -2.32. The van der Waals surface area contributed by atoms with Gasteiger partial charge < -0.3 is 9.84 Å². The van der Waals surface area contributed by atoms with Gasteiger partial charge in [0.2, 0.25) is 5.91 Å². The summed E-state index contributed by atoms with van der Waals surface area (Å²) in [6, 6.07) is 11.6. The number of amides is 1. The van der Waals surface area contributed by atoms with E-state index in [1.807, 2.05) is 54.3 Å². The van der Waals surface area contributed by atoms with E-state index in [-0.39, 0.29) is 18.4 Å². The molecule has 1 aliphatic rings. The summed E-state index contributed by atoms with van der Waals surface area (Å²) in [6.45, 7) is 0. The van der Waals surface area contributed by atoms with Crippen LogP contribution in [0.3, 0.4) is 0 Å². The number of nitrogens with one attached hydrogen (secondary N) is 1. The molecule has 0 aliphatic heterocycles. The minimum atomic E-state index is -0.0467. The van der Waals surface area contributed by atoms with Crippen LogP contribution in [0, 0.1) is 0 Å². The number of hydrogen-bond donors (Lipinski definition) is 1. The third-order valence-electron chi connectivity index (χ3n) is 4.67. The molecule has 1 amide bonds. The molecule has 1 unspecified atom stereocenters. The Hall–Kier alpha value is -2.89. The zero-order valence-corrected chi connectivity index (χ0v) is 14.1. The maximum Gasteiger partial charge on any atom is 0.226 e. The summed E-state index contributed by atoms with van der Waals surface area (Å²) in [5.41, 5.74) is 3.93. The number of rotatable bonds is 4. The minimum absolute atomic E-state index is 0.0328. The second-order valence-electron chi connectivity index (χ2n) is 6.41. The number of aryl methyl sites for hydroxylation is 1. The molecular formula is C19H20N4O2. The summed E-state index contributed by atoms with van der Waals surface area (Å²) < 4.78 is 7.26. The Labute approximate surface area is 145 Å². The van der Waals surface area contributed by atoms with Gasteiger partial charge in [-0.2, -0.15) is 5.10 Å². The van der Waals surface area contributed by atoms with E-state index in [9.17, 15) is 4.79 Å². The van der Waals surface area contributed by atoms with Crippen LogP contribution >= 0.6 is 0 Å². The molecule has 0 bridgehead atoms. The zero-order chi connectivity index (χ0) is 17.2. The van der Waals surface area contributed by atoms with E-state index in [4.69, 9.17) is 4.52 Å². The van der Waals surface area contributed by atoms with Crippen LogP contribution in [0.4, 0.5) is 0 Å². The summed E-state index contributed by atoms with van der Waals surface area (Å²) in [7, 11) is 1.95. The van der Waals surface area contributed by atoms with E-state index in [0.29, 0.717) is 11.5 Å². The summed E-state index contributed by atoms with van der Waals surface area (Å²) in [5.74, 6) is 0.630. The first-order valence-electron chi connectivity index (χ1n) is 8.52. The maximum atomic E-state index is 12.4. The van der Waals surface area contributed by atoms with Crippen molar-refractivity contribution in [3.63, 3.8) is 0 Å². The van der Waals surface area contributed by atoms with Crippen molar-refractivity contribution >= 4 is 5.91 Å². The molecule has 128 valence electrons. The highest BCUT2D eigenvalue weighted by molar-refractivity contribution is 5.79. The normalized spacial score (nSPS) is 16.4. The lowest BCUT2D eigenvalue weighted by molar-refractivity contribution is -0.121. The molecule has 0 saturated heterocycles. The molecule has 2 aromatic heterocycles. The first-order chi connectivity index (χ1) is 12.2. The Bertz CT molecular complexity index is 882. The molecule has 3 aromatic rings. The van der Waals surface area contributed by atoms with E-state index in [1.54, 1.807) is 0 Å². The van der Waals surface area contributed by atoms with Crippen molar-refractivity contribution in [1.82, 2.24) is 20.3 Å². The van der Waals surface area contributed by atoms with E-state index in [2.05, 4.69) is 15.6 Å². The van der Waals surface area contributed by atoms with Crippen LogP contribution in [0.2, 0.25) is 0 Å². The predicted molar refractivity (Wildman–Crippen MR) is 92.7 cm³/mol. The Morgan fingerprint density at radius 1 is 1.36 bits per heavy atom. The van der Waals surface area contributed by atoms with Gasteiger partial charge in [-0.3, -0.25) is 9.48 Å². The molecule has 0 spiro atoms. The van der Waals surface area contributed by atoms with Crippen molar-refractivity contribution in [3.05, 3.63) is 59.5 Å². The molecule has 2 heterocycles. The topological polar surface area (TPSA) is 73.0 Å². The maximum absolute atomic E-state index is 12.4. The molecule has 1 N–H and O–H groups in total. The Balaban J connectivity index is 1.43. The van der Waals surface area contributed by atoms with Crippen molar-refractivity contribution in [1.29, 1.82) is 0 Å². The molecule has 0 fully saturated rings. The van der Waals surface area contributed by atoms with Gasteiger partial charge in [0.05, 0.1) is 24.4 Å². The number of hydrogen-bond acceptors (Lipinski definition) is 4. The average Bonchev–Trinajstić information content (AvgIpc) is 3.24. The summed E-state index contributed by atoms with van der Waals surface area (Å²) in [5, 5.41) is 11.4. The fourth-order valence-electron chi connectivity index (χ4n) is 3.40. The molecule has 6 nitrogen and oxygen atoms in total. The molecule has 25 heavy (non-hydrogen) atoms. The number of fused-ring (bicyclic) bond motifs is 1. The van der Waals surface area contributed by atoms with Crippen molar-refractivity contribution in [2.75, 3.05) is 0 Å². The molecule has 1 atom stereocenters. The monoisotopic (exact) mass is 336 g/mol. The van der Waals surface area contributed by atoms with Gasteiger partial charge in [0, 0.05) is 29.9 Å². The van der Waals surface area contributed by atoms with Gasteiger partial charge in [-0.15, -0.1) is 0 Å². The third-order valence-corrected chi connectivity index (χ3v) is 4.67. The Morgan fingerprint density at radius 3 is 3.04 bits per heavy atom. The van der Waals surface area contributed by atoms with Gasteiger partial charge in [0.1, 0.15) is 0 Å². The van der Waals surface area contributed by atoms with Gasteiger partial charge >= 0.3 is 0 Å². The molecule has 4 rings (SSSR count). The van der Waals surface area contributed by atoms with Crippen LogP contribution in [0.1, 0.15) is 35.8 Å². The molecular weight excluding hydrogens is 316 g/mol. The predicted octanol–water partition coefficient (Wildman–Crippen LogP) is 2.81. The third kappa shape index (κ3) is 3.20. The number of benzene rings is 1. The number of carbonyl (C=O) groups excluding carboxylic acids is 1. The number of nitrogens with zero attached hydrogens (tertiary/aromatic N) is 3. The quantitative estimate of drug-likeness (QED) is 0.795. The first-order valence-corrected chi connectivity index (χ1v) is 8.52. The summed E-state index contributed by atoms with van der Waals surface area (Å²) in [6.07, 6.45) is 5.09. The SMILES string of the molecule is Cn1ncc2c1CCCC2NC(=O)Cc1cc(-c2ccccc2)on1. The van der Waals surface area contributed by atoms with E-state index in [1.165, 1.54) is 5.69 Å². The van der Waals surface area contributed by atoms with Gasteiger partial charge in [0.25, 0.3) is 0 Å². The summed E-state index contributed by atoms with van der Waals surface area (Å²) >= 11 is 0. The lowest BCUT2D eigenvalue weighted by Gasteiger charge is -2.23. The van der Waals surface area contributed by atoms with Gasteiger partial charge in [-0.25, -0.2) is 0 Å². The second-order valence-corrected chi connectivity index (χ2v) is 6.41. The van der Waals surface area contributed by atoms with Crippen molar-refractivity contribution in [3.8, 4) is 11.3 Å². The van der Waals surface area contributed by atoms with E-state index < -0.39 is 0 Å². The minimum Gasteiger partial charge on any atom is -0.356 e. The van der Waals surface area contributed by atoms with Crippen LogP contribution in [-0.2, 0) is 24.7 Å². The fraction of sp³-hybridized carbons (Fsp3) is 0.316. The van der Waals surface area contributed by atoms with Crippen LogP contribution in [0.5, 0.6) is 0 Å². The van der Waals surface area contributed by atoms with Crippen LogP contribution < -0.4 is 5.32 Å². The molecule has 1 aliphatic carbocycles.